The second kappa shape index (κ2) is 5.35. The Bertz CT molecular complexity index is 194. The van der Waals surface area contributed by atoms with E-state index < -0.39 is 0 Å². The monoisotopic (exact) mass is 199 g/mol. The molecule has 1 fully saturated rings. The average molecular weight is 199 g/mol. The third-order valence-corrected chi connectivity index (χ3v) is 3.05. The summed E-state index contributed by atoms with van der Waals surface area (Å²) >= 11 is 0. The Morgan fingerprint density at radius 3 is 2.71 bits per heavy atom. The Balaban J connectivity index is 2.33. The van der Waals surface area contributed by atoms with E-state index in [0.29, 0.717) is 12.0 Å². The lowest BCUT2D eigenvalue weighted by atomic mass is 9.80. The van der Waals surface area contributed by atoms with Crippen LogP contribution in [0.4, 0.5) is 0 Å². The van der Waals surface area contributed by atoms with E-state index in [-0.39, 0.29) is 12.5 Å². The summed E-state index contributed by atoms with van der Waals surface area (Å²) in [5.41, 5.74) is 0. The summed E-state index contributed by atoms with van der Waals surface area (Å²) in [5.74, 6) is 1.42. The van der Waals surface area contributed by atoms with Gasteiger partial charge in [0.2, 0.25) is 5.91 Å². The molecule has 1 aliphatic carbocycles. The first-order valence-electron chi connectivity index (χ1n) is 5.41. The molecule has 0 aromatic carbocycles. The summed E-state index contributed by atoms with van der Waals surface area (Å²) in [4.78, 5) is 11.3. The molecule has 3 unspecified atom stereocenters. The molecular formula is C11H21NO2. The lowest BCUT2D eigenvalue weighted by Crippen LogP contribution is -2.43. The first-order valence-corrected chi connectivity index (χ1v) is 5.41. The lowest BCUT2D eigenvalue weighted by Gasteiger charge is -2.33. The number of rotatable bonds is 3. The van der Waals surface area contributed by atoms with Crippen LogP contribution in [-0.2, 0) is 9.53 Å². The maximum absolute atomic E-state index is 11.3. The molecule has 0 heterocycles. The number of carbonyl (C=O) groups is 1. The molecule has 82 valence electrons. The second-order valence-electron chi connectivity index (χ2n) is 4.50. The van der Waals surface area contributed by atoms with Gasteiger partial charge in [0.15, 0.2) is 0 Å². The van der Waals surface area contributed by atoms with Crippen molar-refractivity contribution in [1.82, 2.24) is 5.32 Å². The third-order valence-electron chi connectivity index (χ3n) is 3.05. The highest BCUT2D eigenvalue weighted by Gasteiger charge is 2.26. The van der Waals surface area contributed by atoms with Crippen molar-refractivity contribution in [2.45, 2.75) is 39.2 Å². The fourth-order valence-electron chi connectivity index (χ4n) is 2.26. The van der Waals surface area contributed by atoms with Crippen molar-refractivity contribution in [2.75, 3.05) is 13.7 Å². The summed E-state index contributed by atoms with van der Waals surface area (Å²) in [7, 11) is 1.55. The van der Waals surface area contributed by atoms with Crippen molar-refractivity contribution < 1.29 is 9.53 Å². The topological polar surface area (TPSA) is 38.3 Å². The van der Waals surface area contributed by atoms with Gasteiger partial charge < -0.3 is 10.1 Å². The zero-order valence-corrected chi connectivity index (χ0v) is 9.38. The van der Waals surface area contributed by atoms with E-state index in [9.17, 15) is 4.79 Å². The predicted molar refractivity (Wildman–Crippen MR) is 56.0 cm³/mol. The van der Waals surface area contributed by atoms with Crippen LogP contribution in [0, 0.1) is 11.8 Å². The van der Waals surface area contributed by atoms with E-state index >= 15 is 0 Å². The van der Waals surface area contributed by atoms with Gasteiger partial charge in [0.05, 0.1) is 0 Å². The van der Waals surface area contributed by atoms with Gasteiger partial charge in [0.1, 0.15) is 6.61 Å². The maximum atomic E-state index is 11.3. The highest BCUT2D eigenvalue weighted by atomic mass is 16.5. The largest absolute Gasteiger partial charge is 0.375 e. The molecule has 0 aromatic rings. The molecule has 0 bridgehead atoms. The second-order valence-corrected chi connectivity index (χ2v) is 4.50. The SMILES string of the molecule is COCC(=O)NC1CCC(C)CC1C. The summed E-state index contributed by atoms with van der Waals surface area (Å²) in [6.45, 7) is 4.68. The van der Waals surface area contributed by atoms with Crippen molar-refractivity contribution in [1.29, 1.82) is 0 Å². The maximum Gasteiger partial charge on any atom is 0.246 e. The van der Waals surface area contributed by atoms with Gasteiger partial charge in [-0.25, -0.2) is 0 Å². The van der Waals surface area contributed by atoms with Gasteiger partial charge in [0, 0.05) is 13.2 Å². The van der Waals surface area contributed by atoms with Gasteiger partial charge >= 0.3 is 0 Å². The molecule has 3 heteroatoms. The molecule has 3 nitrogen and oxygen atoms in total. The molecule has 0 radical (unpaired) electrons. The molecular weight excluding hydrogens is 178 g/mol. The summed E-state index contributed by atoms with van der Waals surface area (Å²) < 4.78 is 4.79. The van der Waals surface area contributed by atoms with E-state index in [0.717, 1.165) is 12.3 Å². The zero-order chi connectivity index (χ0) is 10.6. The highest BCUT2D eigenvalue weighted by Crippen LogP contribution is 2.28. The van der Waals surface area contributed by atoms with E-state index in [2.05, 4.69) is 19.2 Å². The van der Waals surface area contributed by atoms with E-state index in [1.54, 1.807) is 7.11 Å². The van der Waals surface area contributed by atoms with Gasteiger partial charge in [0.25, 0.3) is 0 Å². The Morgan fingerprint density at radius 2 is 2.14 bits per heavy atom. The molecule has 1 aliphatic rings. The first-order chi connectivity index (χ1) is 6.63. The molecule has 1 amide bonds. The first kappa shape index (κ1) is 11.5. The number of hydrogen-bond donors (Lipinski definition) is 1. The van der Waals surface area contributed by atoms with Crippen molar-refractivity contribution in [3.8, 4) is 0 Å². The van der Waals surface area contributed by atoms with Crippen LogP contribution in [0.5, 0.6) is 0 Å². The van der Waals surface area contributed by atoms with Crippen LogP contribution in [0.3, 0.4) is 0 Å². The van der Waals surface area contributed by atoms with Crippen molar-refractivity contribution >= 4 is 5.91 Å². The van der Waals surface area contributed by atoms with Crippen LogP contribution >= 0.6 is 0 Å². The number of nitrogens with one attached hydrogen (secondary N) is 1. The molecule has 0 spiro atoms. The van der Waals surface area contributed by atoms with Crippen molar-refractivity contribution in [3.05, 3.63) is 0 Å². The fourth-order valence-corrected chi connectivity index (χ4v) is 2.26. The number of carbonyl (C=O) groups excluding carboxylic acids is 1. The minimum Gasteiger partial charge on any atom is -0.375 e. The number of amides is 1. The van der Waals surface area contributed by atoms with Gasteiger partial charge in [-0.2, -0.15) is 0 Å². The standard InChI is InChI=1S/C11H21NO2/c1-8-4-5-10(9(2)6-8)12-11(13)7-14-3/h8-10H,4-7H2,1-3H3,(H,12,13). The predicted octanol–water partition coefficient (Wildman–Crippen LogP) is 1.57. The third kappa shape index (κ3) is 3.29. The van der Waals surface area contributed by atoms with Gasteiger partial charge in [-0.15, -0.1) is 0 Å². The minimum absolute atomic E-state index is 0.0129. The molecule has 0 aromatic heterocycles. The van der Waals surface area contributed by atoms with Crippen LogP contribution < -0.4 is 5.32 Å². The highest BCUT2D eigenvalue weighted by molar-refractivity contribution is 5.77. The Morgan fingerprint density at radius 1 is 1.43 bits per heavy atom. The molecule has 0 saturated heterocycles. The van der Waals surface area contributed by atoms with Gasteiger partial charge in [-0.3, -0.25) is 4.79 Å². The number of ether oxygens (including phenoxy) is 1. The molecule has 3 atom stereocenters. The van der Waals surface area contributed by atoms with Gasteiger partial charge in [-0.1, -0.05) is 13.8 Å². The number of methoxy groups -OCH3 is 1. The normalized spacial score (nSPS) is 32.6. The molecule has 1 N–H and O–H groups in total. The summed E-state index contributed by atoms with van der Waals surface area (Å²) in [5, 5.41) is 3.03. The molecule has 14 heavy (non-hydrogen) atoms. The molecule has 0 aliphatic heterocycles. The van der Waals surface area contributed by atoms with Crippen LogP contribution in [0.2, 0.25) is 0 Å². The fraction of sp³-hybridized carbons (Fsp3) is 0.909. The summed E-state index contributed by atoms with van der Waals surface area (Å²) in [6, 6.07) is 0.355. The van der Waals surface area contributed by atoms with Crippen LogP contribution in [0.25, 0.3) is 0 Å². The average Bonchev–Trinajstić information content (AvgIpc) is 2.10. The van der Waals surface area contributed by atoms with Crippen LogP contribution in [-0.4, -0.2) is 25.7 Å². The van der Waals surface area contributed by atoms with Crippen LogP contribution in [0.15, 0.2) is 0 Å². The zero-order valence-electron chi connectivity index (χ0n) is 9.38. The summed E-state index contributed by atoms with van der Waals surface area (Å²) in [6.07, 6.45) is 3.55. The van der Waals surface area contributed by atoms with Crippen LogP contribution in [0.1, 0.15) is 33.1 Å². The van der Waals surface area contributed by atoms with Crippen molar-refractivity contribution in [2.24, 2.45) is 11.8 Å². The van der Waals surface area contributed by atoms with E-state index in [4.69, 9.17) is 4.74 Å². The number of hydrogen-bond acceptors (Lipinski definition) is 2. The van der Waals surface area contributed by atoms with Gasteiger partial charge in [-0.05, 0) is 31.1 Å². The smallest absolute Gasteiger partial charge is 0.246 e. The minimum atomic E-state index is 0.0129. The Labute approximate surface area is 86.2 Å². The molecule has 1 saturated carbocycles. The Hall–Kier alpha value is -0.570. The lowest BCUT2D eigenvalue weighted by molar-refractivity contribution is -0.126. The Kier molecular flexibility index (Phi) is 4.39. The quantitative estimate of drug-likeness (QED) is 0.749. The van der Waals surface area contributed by atoms with Crippen molar-refractivity contribution in [3.63, 3.8) is 0 Å². The van der Waals surface area contributed by atoms with E-state index in [1.165, 1.54) is 12.8 Å². The van der Waals surface area contributed by atoms with E-state index in [1.807, 2.05) is 0 Å². The molecule has 1 rings (SSSR count).